The Balaban J connectivity index is 0.000000222. The lowest BCUT2D eigenvalue weighted by molar-refractivity contribution is -0.119. The molecule has 0 bridgehead atoms. The van der Waals surface area contributed by atoms with Crippen molar-refractivity contribution in [3.63, 3.8) is 0 Å². The second-order valence-corrected chi connectivity index (χ2v) is 1.45. The van der Waals surface area contributed by atoms with E-state index in [1.807, 2.05) is 0 Å². The second-order valence-electron chi connectivity index (χ2n) is 1.45. The molecule has 1 heterocycles. The summed E-state index contributed by atoms with van der Waals surface area (Å²) in [4.78, 5) is 10.1. The SMILES string of the molecule is CN.O=C1CCCN1. The summed E-state index contributed by atoms with van der Waals surface area (Å²) in [5.41, 5.74) is 4.50. The van der Waals surface area contributed by atoms with Crippen LogP contribution in [0.15, 0.2) is 0 Å². The van der Waals surface area contributed by atoms with Gasteiger partial charge in [-0.2, -0.15) is 0 Å². The van der Waals surface area contributed by atoms with Crippen LogP contribution in [0.4, 0.5) is 0 Å². The standard InChI is InChI=1S/C4H7NO.CH5N/c6-4-2-1-3-5-4;1-2/h1-3H2,(H,5,6);2H2,1H3. The van der Waals surface area contributed by atoms with E-state index in [0.29, 0.717) is 0 Å². The third-order valence-corrected chi connectivity index (χ3v) is 0.903. The molecule has 1 aliphatic rings. The molecular weight excluding hydrogens is 104 g/mol. The van der Waals surface area contributed by atoms with E-state index in [-0.39, 0.29) is 5.91 Å². The maximum Gasteiger partial charge on any atom is 0.220 e. The van der Waals surface area contributed by atoms with E-state index in [0.717, 1.165) is 19.4 Å². The van der Waals surface area contributed by atoms with Gasteiger partial charge in [0.2, 0.25) is 5.91 Å². The molecule has 0 spiro atoms. The minimum absolute atomic E-state index is 0.204. The molecule has 0 aliphatic carbocycles. The van der Waals surface area contributed by atoms with Crippen molar-refractivity contribution in [1.82, 2.24) is 5.32 Å². The highest BCUT2D eigenvalue weighted by Gasteiger charge is 2.05. The van der Waals surface area contributed by atoms with Crippen molar-refractivity contribution < 1.29 is 4.79 Å². The molecule has 1 rings (SSSR count). The highest BCUT2D eigenvalue weighted by Crippen LogP contribution is 1.93. The van der Waals surface area contributed by atoms with Gasteiger partial charge in [-0.25, -0.2) is 0 Å². The van der Waals surface area contributed by atoms with Crippen LogP contribution in [0.2, 0.25) is 0 Å². The summed E-state index contributed by atoms with van der Waals surface area (Å²) in [5, 5.41) is 2.68. The Bertz CT molecular complexity index is 64.8. The highest BCUT2D eigenvalue weighted by atomic mass is 16.1. The predicted molar refractivity (Wildman–Crippen MR) is 32.4 cm³/mol. The first-order valence-corrected chi connectivity index (χ1v) is 2.74. The number of amides is 1. The van der Waals surface area contributed by atoms with E-state index in [9.17, 15) is 4.79 Å². The number of nitrogens with two attached hydrogens (primary N) is 1. The maximum absolute atomic E-state index is 10.1. The van der Waals surface area contributed by atoms with Crippen molar-refractivity contribution in [2.75, 3.05) is 13.6 Å². The zero-order chi connectivity index (χ0) is 6.41. The van der Waals surface area contributed by atoms with E-state index in [2.05, 4.69) is 11.1 Å². The number of hydrogen-bond acceptors (Lipinski definition) is 2. The monoisotopic (exact) mass is 116 g/mol. The number of rotatable bonds is 0. The zero-order valence-corrected chi connectivity index (χ0v) is 5.11. The number of hydrogen-bond donors (Lipinski definition) is 2. The van der Waals surface area contributed by atoms with Crippen molar-refractivity contribution in [2.45, 2.75) is 12.8 Å². The molecule has 1 aliphatic heterocycles. The maximum atomic E-state index is 10.1. The van der Waals surface area contributed by atoms with Crippen LogP contribution in [0, 0.1) is 0 Å². The summed E-state index contributed by atoms with van der Waals surface area (Å²) in [5.74, 6) is 0.204. The molecule has 3 nitrogen and oxygen atoms in total. The van der Waals surface area contributed by atoms with E-state index >= 15 is 0 Å². The first-order valence-electron chi connectivity index (χ1n) is 2.74. The molecule has 0 aromatic rings. The largest absolute Gasteiger partial charge is 0.356 e. The van der Waals surface area contributed by atoms with E-state index < -0.39 is 0 Å². The Morgan fingerprint density at radius 1 is 1.62 bits per heavy atom. The number of nitrogens with one attached hydrogen (secondary N) is 1. The Labute approximate surface area is 49.3 Å². The van der Waals surface area contributed by atoms with E-state index in [4.69, 9.17) is 0 Å². The van der Waals surface area contributed by atoms with Crippen LogP contribution in [0.5, 0.6) is 0 Å². The van der Waals surface area contributed by atoms with Gasteiger partial charge in [0.05, 0.1) is 0 Å². The first-order chi connectivity index (χ1) is 3.89. The van der Waals surface area contributed by atoms with Gasteiger partial charge < -0.3 is 11.1 Å². The van der Waals surface area contributed by atoms with Gasteiger partial charge in [0, 0.05) is 13.0 Å². The summed E-state index contributed by atoms with van der Waals surface area (Å²) >= 11 is 0. The summed E-state index contributed by atoms with van der Waals surface area (Å²) < 4.78 is 0. The van der Waals surface area contributed by atoms with Gasteiger partial charge in [-0.1, -0.05) is 0 Å². The van der Waals surface area contributed by atoms with Gasteiger partial charge in [0.1, 0.15) is 0 Å². The van der Waals surface area contributed by atoms with Crippen molar-refractivity contribution >= 4 is 5.91 Å². The van der Waals surface area contributed by atoms with Gasteiger partial charge >= 0.3 is 0 Å². The molecule has 0 atom stereocenters. The molecule has 0 saturated carbocycles. The van der Waals surface area contributed by atoms with Crippen LogP contribution in [0.1, 0.15) is 12.8 Å². The van der Waals surface area contributed by atoms with Crippen molar-refractivity contribution in [1.29, 1.82) is 0 Å². The molecule has 0 aromatic heterocycles. The zero-order valence-electron chi connectivity index (χ0n) is 5.11. The highest BCUT2D eigenvalue weighted by molar-refractivity contribution is 5.77. The average Bonchev–Trinajstić information content (AvgIpc) is 2.24. The Kier molecular flexibility index (Phi) is 4.26. The quantitative estimate of drug-likeness (QED) is 0.447. The molecule has 1 fully saturated rings. The van der Waals surface area contributed by atoms with Crippen molar-refractivity contribution in [3.05, 3.63) is 0 Å². The fourth-order valence-corrected chi connectivity index (χ4v) is 0.565. The Morgan fingerprint density at radius 3 is 2.38 bits per heavy atom. The smallest absolute Gasteiger partial charge is 0.220 e. The van der Waals surface area contributed by atoms with Crippen LogP contribution in [-0.4, -0.2) is 19.5 Å². The topological polar surface area (TPSA) is 55.1 Å². The summed E-state index contributed by atoms with van der Waals surface area (Å²) in [7, 11) is 1.50. The van der Waals surface area contributed by atoms with Gasteiger partial charge in [-0.3, -0.25) is 4.79 Å². The van der Waals surface area contributed by atoms with E-state index in [1.165, 1.54) is 7.05 Å². The van der Waals surface area contributed by atoms with Crippen LogP contribution < -0.4 is 11.1 Å². The summed E-state index contributed by atoms with van der Waals surface area (Å²) in [6, 6.07) is 0. The normalized spacial score (nSPS) is 16.5. The lowest BCUT2D eigenvalue weighted by atomic mass is 10.4. The van der Waals surface area contributed by atoms with E-state index in [1.54, 1.807) is 0 Å². The fourth-order valence-electron chi connectivity index (χ4n) is 0.565. The lowest BCUT2D eigenvalue weighted by Crippen LogP contribution is -2.12. The molecule has 1 saturated heterocycles. The Hall–Kier alpha value is -0.570. The van der Waals surface area contributed by atoms with Crippen LogP contribution in [-0.2, 0) is 4.79 Å². The van der Waals surface area contributed by atoms with Crippen LogP contribution >= 0.6 is 0 Å². The summed E-state index contributed by atoms with van der Waals surface area (Å²) in [6.45, 7) is 0.888. The molecular formula is C5H12N2O. The van der Waals surface area contributed by atoms with Gasteiger partial charge in [-0.05, 0) is 13.5 Å². The fraction of sp³-hybridized carbons (Fsp3) is 0.800. The van der Waals surface area contributed by atoms with Crippen LogP contribution in [0.3, 0.4) is 0 Å². The molecule has 0 radical (unpaired) electrons. The minimum atomic E-state index is 0.204. The first kappa shape index (κ1) is 7.43. The third-order valence-electron chi connectivity index (χ3n) is 0.903. The minimum Gasteiger partial charge on any atom is -0.356 e. The van der Waals surface area contributed by atoms with Gasteiger partial charge in [0.15, 0.2) is 0 Å². The molecule has 0 aromatic carbocycles. The molecule has 0 unspecified atom stereocenters. The van der Waals surface area contributed by atoms with Crippen molar-refractivity contribution in [2.24, 2.45) is 5.73 Å². The number of carbonyl (C=O) groups excluding carboxylic acids is 1. The molecule has 1 amide bonds. The predicted octanol–water partition coefficient (Wildman–Crippen LogP) is -0.529. The van der Waals surface area contributed by atoms with Crippen molar-refractivity contribution in [3.8, 4) is 0 Å². The van der Waals surface area contributed by atoms with Gasteiger partial charge in [0.25, 0.3) is 0 Å². The number of carbonyl (C=O) groups is 1. The molecule has 48 valence electrons. The van der Waals surface area contributed by atoms with Crippen LogP contribution in [0.25, 0.3) is 0 Å². The van der Waals surface area contributed by atoms with Gasteiger partial charge in [-0.15, -0.1) is 0 Å². The molecule has 3 N–H and O–H groups in total. The summed E-state index contributed by atoms with van der Waals surface area (Å²) in [6.07, 6.45) is 1.76. The average molecular weight is 116 g/mol. The molecule has 3 heteroatoms. The Morgan fingerprint density at radius 2 is 2.25 bits per heavy atom. The lowest BCUT2D eigenvalue weighted by Gasteiger charge is -1.80. The molecule has 8 heavy (non-hydrogen) atoms. The third kappa shape index (κ3) is 2.58. The second kappa shape index (κ2) is 4.59.